The van der Waals surface area contributed by atoms with E-state index in [1.807, 2.05) is 24.4 Å². The summed E-state index contributed by atoms with van der Waals surface area (Å²) in [6.07, 6.45) is 3.26. The number of allylic oxidation sites excluding steroid dienone is 1. The minimum Gasteiger partial charge on any atom is -0.328 e. The average Bonchev–Trinajstić information content (AvgIpc) is 3.43. The van der Waals surface area contributed by atoms with Crippen molar-refractivity contribution in [3.8, 4) is 11.4 Å². The van der Waals surface area contributed by atoms with Gasteiger partial charge in [0.15, 0.2) is 5.82 Å². The smallest absolute Gasteiger partial charge is 0.255 e. The lowest BCUT2D eigenvalue weighted by molar-refractivity contribution is -0.113. The summed E-state index contributed by atoms with van der Waals surface area (Å²) < 4.78 is 1.72. The lowest BCUT2D eigenvalue weighted by Gasteiger charge is -2.27. The van der Waals surface area contributed by atoms with E-state index in [0.29, 0.717) is 44.3 Å². The monoisotopic (exact) mass is 482 g/mol. The zero-order valence-corrected chi connectivity index (χ0v) is 19.0. The maximum atomic E-state index is 13.3. The van der Waals surface area contributed by atoms with Gasteiger partial charge in [0.2, 0.25) is 5.95 Å². The van der Waals surface area contributed by atoms with Gasteiger partial charge in [0.1, 0.15) is 6.04 Å². The molecule has 0 spiro atoms. The number of nitrogens with zero attached hydrogens (tertiary/aromatic N) is 4. The van der Waals surface area contributed by atoms with Gasteiger partial charge in [0.25, 0.3) is 5.91 Å². The minimum absolute atomic E-state index is 0.242. The van der Waals surface area contributed by atoms with Gasteiger partial charge in [0.05, 0.1) is 22.5 Å². The third-order valence-electron chi connectivity index (χ3n) is 5.00. The number of hydrogen-bond acceptors (Lipinski definition) is 6. The first-order chi connectivity index (χ1) is 15.5. The Labute approximate surface area is 197 Å². The molecule has 0 radical (unpaired) electrons. The lowest BCUT2D eigenvalue weighted by Crippen LogP contribution is -2.31. The van der Waals surface area contributed by atoms with Crippen LogP contribution in [0.5, 0.6) is 0 Å². The van der Waals surface area contributed by atoms with Crippen molar-refractivity contribution < 1.29 is 4.79 Å². The number of rotatable bonds is 4. The average molecular weight is 483 g/mol. The third-order valence-corrected chi connectivity index (χ3v) is 6.47. The van der Waals surface area contributed by atoms with Crippen LogP contribution in [0.2, 0.25) is 10.0 Å². The highest BCUT2D eigenvalue weighted by molar-refractivity contribution is 7.10. The summed E-state index contributed by atoms with van der Waals surface area (Å²) in [5.74, 6) is 0.728. The van der Waals surface area contributed by atoms with Crippen LogP contribution in [0.3, 0.4) is 0 Å². The summed E-state index contributed by atoms with van der Waals surface area (Å²) in [5.41, 5.74) is 2.50. The number of halogens is 2. The first kappa shape index (κ1) is 20.7. The van der Waals surface area contributed by atoms with Crippen LogP contribution in [0.15, 0.2) is 71.5 Å². The van der Waals surface area contributed by atoms with E-state index in [4.69, 9.17) is 28.3 Å². The van der Waals surface area contributed by atoms with E-state index >= 15 is 0 Å². The normalized spacial score (nSPS) is 15.3. The van der Waals surface area contributed by atoms with Gasteiger partial charge >= 0.3 is 0 Å². The van der Waals surface area contributed by atoms with Crippen LogP contribution in [0, 0.1) is 0 Å². The van der Waals surface area contributed by atoms with Gasteiger partial charge in [-0.2, -0.15) is 4.98 Å². The van der Waals surface area contributed by atoms with Gasteiger partial charge < -0.3 is 10.6 Å². The number of amides is 1. The minimum atomic E-state index is -0.449. The predicted octanol–water partition coefficient (Wildman–Crippen LogP) is 5.64. The summed E-state index contributed by atoms with van der Waals surface area (Å²) >= 11 is 14.0. The highest BCUT2D eigenvalue weighted by Crippen LogP contribution is 2.39. The van der Waals surface area contributed by atoms with Crippen molar-refractivity contribution >= 4 is 52.1 Å². The van der Waals surface area contributed by atoms with E-state index in [9.17, 15) is 4.79 Å². The van der Waals surface area contributed by atoms with E-state index in [1.165, 1.54) is 0 Å². The summed E-state index contributed by atoms with van der Waals surface area (Å²) in [6.45, 7) is 1.85. The van der Waals surface area contributed by atoms with Crippen molar-refractivity contribution in [2.75, 3.05) is 10.6 Å². The van der Waals surface area contributed by atoms with Crippen molar-refractivity contribution in [2.45, 2.75) is 13.0 Å². The Morgan fingerprint density at radius 1 is 1.22 bits per heavy atom. The van der Waals surface area contributed by atoms with E-state index in [2.05, 4.69) is 20.6 Å². The van der Waals surface area contributed by atoms with Crippen LogP contribution in [0.4, 0.5) is 11.6 Å². The van der Waals surface area contributed by atoms with E-state index in [0.717, 1.165) is 4.88 Å². The molecule has 3 aromatic heterocycles. The molecular weight excluding hydrogens is 467 g/mol. The topological polar surface area (TPSA) is 84.7 Å². The van der Waals surface area contributed by atoms with Crippen molar-refractivity contribution in [2.24, 2.45) is 0 Å². The molecule has 7 nitrogen and oxygen atoms in total. The summed E-state index contributed by atoms with van der Waals surface area (Å²) in [4.78, 5) is 23.0. The molecule has 160 valence electrons. The quantitative estimate of drug-likeness (QED) is 0.393. The summed E-state index contributed by atoms with van der Waals surface area (Å²) in [7, 11) is 0. The van der Waals surface area contributed by atoms with Crippen molar-refractivity contribution in [3.05, 3.63) is 86.4 Å². The van der Waals surface area contributed by atoms with Crippen LogP contribution in [-0.4, -0.2) is 25.7 Å². The molecule has 32 heavy (non-hydrogen) atoms. The highest BCUT2D eigenvalue weighted by atomic mass is 35.5. The molecule has 1 aromatic carbocycles. The number of anilines is 2. The maximum absolute atomic E-state index is 13.3. The fourth-order valence-corrected chi connectivity index (χ4v) is 4.89. The van der Waals surface area contributed by atoms with Crippen LogP contribution < -0.4 is 10.6 Å². The SMILES string of the molecule is CC1=C(C(=O)Nc2cccnc2)C(c2cccs2)n2nc(-c3ccc(Cl)cc3Cl)nc2N1. The van der Waals surface area contributed by atoms with Gasteiger partial charge in [-0.15, -0.1) is 16.4 Å². The molecule has 1 unspecified atom stereocenters. The Kier molecular flexibility index (Phi) is 5.42. The molecule has 4 aromatic rings. The van der Waals surface area contributed by atoms with Crippen molar-refractivity contribution in [1.82, 2.24) is 19.7 Å². The molecule has 2 N–H and O–H groups in total. The van der Waals surface area contributed by atoms with Crippen LogP contribution in [-0.2, 0) is 4.79 Å². The van der Waals surface area contributed by atoms with Gasteiger partial charge in [0, 0.05) is 27.4 Å². The number of carbonyl (C=O) groups is 1. The molecule has 10 heteroatoms. The first-order valence-corrected chi connectivity index (χ1v) is 11.3. The lowest BCUT2D eigenvalue weighted by atomic mass is 10.0. The Hall–Kier alpha value is -3.20. The molecule has 0 saturated heterocycles. The molecule has 4 heterocycles. The molecule has 1 atom stereocenters. The fraction of sp³-hybridized carbons (Fsp3) is 0.0909. The molecule has 1 aliphatic heterocycles. The zero-order valence-electron chi connectivity index (χ0n) is 16.7. The van der Waals surface area contributed by atoms with Crippen molar-refractivity contribution in [1.29, 1.82) is 0 Å². The Bertz CT molecular complexity index is 1330. The molecule has 0 saturated carbocycles. The Morgan fingerprint density at radius 2 is 2.09 bits per heavy atom. The number of fused-ring (bicyclic) bond motifs is 1. The second-order valence-corrected chi connectivity index (χ2v) is 8.93. The molecular formula is C22H16Cl2N6OS. The molecule has 0 fully saturated rings. The molecule has 0 bridgehead atoms. The number of hydrogen-bond donors (Lipinski definition) is 2. The van der Waals surface area contributed by atoms with Crippen LogP contribution in [0.25, 0.3) is 11.4 Å². The number of nitrogens with one attached hydrogen (secondary N) is 2. The van der Waals surface area contributed by atoms with E-state index in [1.54, 1.807) is 58.7 Å². The van der Waals surface area contributed by atoms with Gasteiger partial charge in [-0.3, -0.25) is 9.78 Å². The molecule has 1 amide bonds. The van der Waals surface area contributed by atoms with Crippen molar-refractivity contribution in [3.63, 3.8) is 0 Å². The molecule has 5 rings (SSSR count). The number of carbonyl (C=O) groups excluding carboxylic acids is 1. The third kappa shape index (κ3) is 3.77. The summed E-state index contributed by atoms with van der Waals surface area (Å²) in [5, 5.41) is 13.8. The fourth-order valence-electron chi connectivity index (χ4n) is 3.58. The van der Waals surface area contributed by atoms with Gasteiger partial charge in [-0.25, -0.2) is 4.68 Å². The van der Waals surface area contributed by atoms with Crippen LogP contribution >= 0.6 is 34.5 Å². The first-order valence-electron chi connectivity index (χ1n) is 9.66. The standard InChI is InChI=1S/C22H16Cl2N6OS/c1-12-18(21(31)27-14-4-2-8-25-11-14)19(17-5-3-9-32-17)30-22(26-12)28-20(29-30)15-7-6-13(23)10-16(15)24/h2-11,19H,1H3,(H,27,31)(H,26,28,29). The van der Waals surface area contributed by atoms with E-state index < -0.39 is 6.04 Å². The number of pyridine rings is 1. The predicted molar refractivity (Wildman–Crippen MR) is 127 cm³/mol. The number of benzene rings is 1. The van der Waals surface area contributed by atoms with Gasteiger partial charge in [-0.05, 0) is 48.7 Å². The maximum Gasteiger partial charge on any atom is 0.255 e. The second-order valence-electron chi connectivity index (χ2n) is 7.11. The largest absolute Gasteiger partial charge is 0.328 e. The van der Waals surface area contributed by atoms with Crippen LogP contribution in [0.1, 0.15) is 17.8 Å². The number of thiophene rings is 1. The molecule has 1 aliphatic rings. The Morgan fingerprint density at radius 3 is 2.81 bits per heavy atom. The highest BCUT2D eigenvalue weighted by Gasteiger charge is 2.35. The molecule has 0 aliphatic carbocycles. The van der Waals surface area contributed by atoms with E-state index in [-0.39, 0.29) is 5.91 Å². The second kappa shape index (κ2) is 8.38. The Balaban J connectivity index is 1.59. The number of aromatic nitrogens is 4. The summed E-state index contributed by atoms with van der Waals surface area (Å²) in [6, 6.07) is 12.2. The zero-order chi connectivity index (χ0) is 22.2. The van der Waals surface area contributed by atoms with Gasteiger partial charge in [-0.1, -0.05) is 29.3 Å².